The van der Waals surface area contributed by atoms with Crippen molar-refractivity contribution in [2.45, 2.75) is 6.61 Å². The zero-order chi connectivity index (χ0) is 30.5. The summed E-state index contributed by atoms with van der Waals surface area (Å²) in [7, 11) is 5.49. The Morgan fingerprint density at radius 3 is 2.37 bits per heavy atom. The number of carbonyl (C=O) groups excluding carboxylic acids is 2. The van der Waals surface area contributed by atoms with Gasteiger partial charge in [-0.15, -0.1) is 0 Å². The van der Waals surface area contributed by atoms with Crippen molar-refractivity contribution in [2.24, 2.45) is 7.05 Å². The van der Waals surface area contributed by atoms with Crippen LogP contribution in [0.1, 0.15) is 26.3 Å². The van der Waals surface area contributed by atoms with Gasteiger partial charge in [0.2, 0.25) is 0 Å². The molecule has 1 aliphatic heterocycles. The number of aromatic nitrogens is 2. The first-order valence-corrected chi connectivity index (χ1v) is 13.9. The monoisotopic (exact) mass is 582 g/mol. The molecule has 1 aliphatic rings. The molecule has 3 heterocycles. The highest BCUT2D eigenvalue weighted by atomic mass is 16.5. The Bertz CT molecular complexity index is 1680. The number of pyridine rings is 2. The standard InChI is InChI=1S/C32H34N6O5/c1-36(2)24-10-7-21(8-11-24)30(40)35-27-6-4-5-25(26(27)20-39)23-17-28(32(42)37(3)19-23)34-29-12-9-22(18-33-29)31(41)38-13-15-43-16-14-38/h4-12,17-19,39H,13-16,20H2,1-3H3,(H,33,34)(H,35,40). The van der Waals surface area contributed by atoms with E-state index in [1.165, 1.54) is 10.8 Å². The number of nitrogens with one attached hydrogen (secondary N) is 2. The minimum Gasteiger partial charge on any atom is -0.392 e. The van der Waals surface area contributed by atoms with E-state index in [1.807, 2.05) is 37.2 Å². The minimum absolute atomic E-state index is 0.116. The summed E-state index contributed by atoms with van der Waals surface area (Å²) in [6, 6.07) is 17.6. The van der Waals surface area contributed by atoms with Crippen LogP contribution in [0.4, 0.5) is 22.9 Å². The van der Waals surface area contributed by atoms with Crippen molar-refractivity contribution in [3.05, 3.63) is 100 Å². The van der Waals surface area contributed by atoms with Crippen LogP contribution in [0, 0.1) is 0 Å². The molecule has 222 valence electrons. The summed E-state index contributed by atoms with van der Waals surface area (Å²) in [5.41, 5.74) is 4.17. The van der Waals surface area contributed by atoms with Crippen molar-refractivity contribution in [1.82, 2.24) is 14.5 Å². The molecule has 1 saturated heterocycles. The third-order valence-electron chi connectivity index (χ3n) is 7.29. The van der Waals surface area contributed by atoms with Crippen molar-refractivity contribution in [3.8, 4) is 11.1 Å². The van der Waals surface area contributed by atoms with E-state index in [0.29, 0.717) is 65.6 Å². The van der Waals surface area contributed by atoms with E-state index in [2.05, 4.69) is 15.6 Å². The number of hydrogen-bond donors (Lipinski definition) is 3. The predicted molar refractivity (Wildman–Crippen MR) is 166 cm³/mol. The van der Waals surface area contributed by atoms with Crippen molar-refractivity contribution < 1.29 is 19.4 Å². The second-order valence-corrected chi connectivity index (χ2v) is 10.4. The summed E-state index contributed by atoms with van der Waals surface area (Å²) in [6.45, 7) is 1.75. The maximum atomic E-state index is 13.0. The van der Waals surface area contributed by atoms with Crippen LogP contribution in [0.25, 0.3) is 11.1 Å². The molecule has 0 saturated carbocycles. The van der Waals surface area contributed by atoms with Crippen molar-refractivity contribution in [2.75, 3.05) is 55.9 Å². The summed E-state index contributed by atoms with van der Waals surface area (Å²) in [5.74, 6) is -0.0209. The lowest BCUT2D eigenvalue weighted by atomic mass is 9.99. The van der Waals surface area contributed by atoms with E-state index < -0.39 is 0 Å². The average molecular weight is 583 g/mol. The van der Waals surface area contributed by atoms with Gasteiger partial charge in [-0.2, -0.15) is 0 Å². The zero-order valence-electron chi connectivity index (χ0n) is 24.3. The van der Waals surface area contributed by atoms with Crippen molar-refractivity contribution >= 4 is 34.7 Å². The number of amides is 2. The van der Waals surface area contributed by atoms with Crippen LogP contribution in [0.15, 0.2) is 77.9 Å². The topological polar surface area (TPSA) is 129 Å². The molecule has 5 rings (SSSR count). The van der Waals surface area contributed by atoms with E-state index in [-0.39, 0.29) is 29.7 Å². The number of aryl methyl sites for hydroxylation is 1. The Balaban J connectivity index is 1.38. The largest absolute Gasteiger partial charge is 0.392 e. The highest BCUT2D eigenvalue weighted by Gasteiger charge is 2.19. The molecular formula is C32H34N6O5. The van der Waals surface area contributed by atoms with Crippen LogP contribution in [0.2, 0.25) is 0 Å². The molecule has 43 heavy (non-hydrogen) atoms. The van der Waals surface area contributed by atoms with Gasteiger partial charge in [-0.05, 0) is 54.1 Å². The van der Waals surface area contributed by atoms with Gasteiger partial charge in [-0.25, -0.2) is 4.98 Å². The molecule has 4 aromatic rings. The highest BCUT2D eigenvalue weighted by Crippen LogP contribution is 2.31. The summed E-state index contributed by atoms with van der Waals surface area (Å²) < 4.78 is 6.75. The molecule has 0 spiro atoms. The van der Waals surface area contributed by atoms with E-state index in [4.69, 9.17) is 4.74 Å². The summed E-state index contributed by atoms with van der Waals surface area (Å²) in [5, 5.41) is 16.3. The van der Waals surface area contributed by atoms with E-state index >= 15 is 0 Å². The van der Waals surface area contributed by atoms with Crippen LogP contribution in [-0.2, 0) is 18.4 Å². The first-order chi connectivity index (χ1) is 20.7. The molecule has 0 bridgehead atoms. The minimum atomic E-state index is -0.336. The normalized spacial score (nSPS) is 13.0. The van der Waals surface area contributed by atoms with Crippen LogP contribution >= 0.6 is 0 Å². The number of anilines is 4. The fourth-order valence-corrected chi connectivity index (χ4v) is 4.88. The maximum absolute atomic E-state index is 13.0. The van der Waals surface area contributed by atoms with Crippen LogP contribution in [0.5, 0.6) is 0 Å². The molecule has 0 atom stereocenters. The molecular weight excluding hydrogens is 548 g/mol. The molecule has 0 radical (unpaired) electrons. The molecule has 3 N–H and O–H groups in total. The highest BCUT2D eigenvalue weighted by molar-refractivity contribution is 6.05. The fourth-order valence-electron chi connectivity index (χ4n) is 4.88. The molecule has 2 amide bonds. The van der Waals surface area contributed by atoms with Gasteiger partial charge in [0.15, 0.2) is 0 Å². The van der Waals surface area contributed by atoms with Gasteiger partial charge < -0.3 is 34.8 Å². The Morgan fingerprint density at radius 1 is 1.00 bits per heavy atom. The molecule has 0 aliphatic carbocycles. The van der Waals surface area contributed by atoms with Gasteiger partial charge in [0, 0.05) is 74.7 Å². The van der Waals surface area contributed by atoms with Crippen LogP contribution in [-0.4, -0.2) is 71.8 Å². The fraction of sp³-hybridized carbons (Fsp3) is 0.250. The third-order valence-corrected chi connectivity index (χ3v) is 7.29. The first kappa shape index (κ1) is 29.5. The van der Waals surface area contributed by atoms with Gasteiger partial charge >= 0.3 is 0 Å². The van der Waals surface area contributed by atoms with E-state index in [9.17, 15) is 19.5 Å². The molecule has 2 aromatic carbocycles. The Morgan fingerprint density at radius 2 is 1.72 bits per heavy atom. The molecule has 0 unspecified atom stereocenters. The molecule has 2 aromatic heterocycles. The number of rotatable bonds is 8. The maximum Gasteiger partial charge on any atom is 0.274 e. The van der Waals surface area contributed by atoms with Crippen molar-refractivity contribution in [1.29, 1.82) is 0 Å². The summed E-state index contributed by atoms with van der Waals surface area (Å²) in [4.78, 5) is 46.8. The van der Waals surface area contributed by atoms with Gasteiger partial charge in [0.05, 0.1) is 25.4 Å². The summed E-state index contributed by atoms with van der Waals surface area (Å²) >= 11 is 0. The third kappa shape index (κ3) is 6.58. The summed E-state index contributed by atoms with van der Waals surface area (Å²) in [6.07, 6.45) is 3.16. The number of aliphatic hydroxyl groups excluding tert-OH is 1. The molecule has 1 fully saturated rings. The number of nitrogens with zero attached hydrogens (tertiary/aromatic N) is 4. The quantitative estimate of drug-likeness (QED) is 0.288. The molecule has 11 nitrogen and oxygen atoms in total. The number of carbonyl (C=O) groups is 2. The van der Waals surface area contributed by atoms with Gasteiger partial charge in [-0.3, -0.25) is 14.4 Å². The lowest BCUT2D eigenvalue weighted by molar-refractivity contribution is 0.0302. The Hall–Kier alpha value is -5.00. The van der Waals surface area contributed by atoms with Crippen molar-refractivity contribution in [3.63, 3.8) is 0 Å². The number of aliphatic hydroxyl groups is 1. The second-order valence-electron chi connectivity index (χ2n) is 10.4. The van der Waals surface area contributed by atoms with E-state index in [0.717, 1.165) is 5.69 Å². The molecule has 11 heteroatoms. The van der Waals surface area contributed by atoms with Crippen LogP contribution < -0.4 is 21.1 Å². The lowest BCUT2D eigenvalue weighted by Gasteiger charge is -2.26. The zero-order valence-corrected chi connectivity index (χ0v) is 24.3. The van der Waals surface area contributed by atoms with E-state index in [1.54, 1.807) is 60.6 Å². The SMILES string of the molecule is CN(C)c1ccc(C(=O)Nc2cccc(-c3cc(Nc4ccc(C(=O)N5CCOCC5)cn4)c(=O)n(C)c3)c2CO)cc1. The predicted octanol–water partition coefficient (Wildman–Crippen LogP) is 3.47. The first-order valence-electron chi connectivity index (χ1n) is 13.9. The number of ether oxygens (including phenoxy) is 1. The number of hydrogen-bond acceptors (Lipinski definition) is 8. The van der Waals surface area contributed by atoms with Gasteiger partial charge in [0.1, 0.15) is 11.5 Å². The smallest absolute Gasteiger partial charge is 0.274 e. The second kappa shape index (κ2) is 12.9. The number of benzene rings is 2. The van der Waals surface area contributed by atoms with Gasteiger partial charge in [0.25, 0.3) is 17.4 Å². The lowest BCUT2D eigenvalue weighted by Crippen LogP contribution is -2.40. The Labute approximate surface area is 249 Å². The number of morpholine rings is 1. The van der Waals surface area contributed by atoms with Gasteiger partial charge in [-0.1, -0.05) is 12.1 Å². The Kier molecular flexibility index (Phi) is 8.84. The van der Waals surface area contributed by atoms with Crippen LogP contribution in [0.3, 0.4) is 0 Å². The average Bonchev–Trinajstić information content (AvgIpc) is 3.03.